The van der Waals surface area contributed by atoms with Gasteiger partial charge in [0.1, 0.15) is 0 Å². The Labute approximate surface area is 108 Å². The first-order valence-corrected chi connectivity index (χ1v) is 7.62. The van der Waals surface area contributed by atoms with Crippen molar-refractivity contribution in [3.8, 4) is 0 Å². The predicted molar refractivity (Wildman–Crippen MR) is 71.2 cm³/mol. The van der Waals surface area contributed by atoms with Gasteiger partial charge in [-0.05, 0) is 38.0 Å². The van der Waals surface area contributed by atoms with E-state index in [1.165, 1.54) is 32.1 Å². The van der Waals surface area contributed by atoms with Crippen LogP contribution in [0.15, 0.2) is 0 Å². The van der Waals surface area contributed by atoms with Gasteiger partial charge in [-0.3, -0.25) is 0 Å². The summed E-state index contributed by atoms with van der Waals surface area (Å²) in [6, 6.07) is 0. The maximum atomic E-state index is 6.01. The second kappa shape index (κ2) is 8.48. The third-order valence-electron chi connectivity index (χ3n) is 3.39. The molecule has 1 aliphatic carbocycles. The molecular weight excluding hydrogens is 268 g/mol. The van der Waals surface area contributed by atoms with Gasteiger partial charge in [-0.2, -0.15) is 0 Å². The molecule has 0 saturated heterocycles. The van der Waals surface area contributed by atoms with Gasteiger partial charge in [-0.15, -0.1) is 0 Å². The number of ether oxygens (including phenoxy) is 2. The normalized spacial score (nSPS) is 27.9. The molecule has 0 bridgehead atoms. The van der Waals surface area contributed by atoms with Gasteiger partial charge in [0.05, 0.1) is 18.8 Å². The minimum Gasteiger partial charge on any atom is -0.381 e. The van der Waals surface area contributed by atoms with Crippen LogP contribution in [0.25, 0.3) is 0 Å². The molecule has 0 spiro atoms. The summed E-state index contributed by atoms with van der Waals surface area (Å²) >= 11 is 3.56. The average Bonchev–Trinajstić information content (AvgIpc) is 2.34. The molecule has 1 aliphatic rings. The van der Waals surface area contributed by atoms with Crippen molar-refractivity contribution < 1.29 is 9.47 Å². The lowest BCUT2D eigenvalue weighted by Gasteiger charge is -2.29. The van der Waals surface area contributed by atoms with Gasteiger partial charge in [0.2, 0.25) is 0 Å². The van der Waals surface area contributed by atoms with E-state index in [1.54, 1.807) is 0 Å². The highest BCUT2D eigenvalue weighted by atomic mass is 79.9. The van der Waals surface area contributed by atoms with Gasteiger partial charge in [0.25, 0.3) is 0 Å². The van der Waals surface area contributed by atoms with Crippen molar-refractivity contribution >= 4 is 15.9 Å². The number of rotatable bonds is 7. The van der Waals surface area contributed by atoms with Crippen LogP contribution in [0.3, 0.4) is 0 Å². The van der Waals surface area contributed by atoms with E-state index in [9.17, 15) is 0 Å². The summed E-state index contributed by atoms with van der Waals surface area (Å²) < 4.78 is 11.4. The van der Waals surface area contributed by atoms with Crippen molar-refractivity contribution in [1.82, 2.24) is 0 Å². The minimum absolute atomic E-state index is 0.423. The molecule has 0 amide bonds. The van der Waals surface area contributed by atoms with E-state index in [0.717, 1.165) is 18.4 Å². The molecule has 0 aromatic rings. The van der Waals surface area contributed by atoms with Gasteiger partial charge in [0, 0.05) is 12.4 Å². The van der Waals surface area contributed by atoms with E-state index in [2.05, 4.69) is 22.9 Å². The van der Waals surface area contributed by atoms with Crippen LogP contribution in [0.5, 0.6) is 0 Å². The molecule has 0 radical (unpaired) electrons. The van der Waals surface area contributed by atoms with Crippen molar-refractivity contribution in [1.29, 1.82) is 0 Å². The van der Waals surface area contributed by atoms with Crippen LogP contribution in [-0.2, 0) is 9.47 Å². The van der Waals surface area contributed by atoms with Crippen LogP contribution in [0.2, 0.25) is 0 Å². The summed E-state index contributed by atoms with van der Waals surface area (Å²) in [6.07, 6.45) is 8.09. The molecule has 1 fully saturated rings. The number of hydrogen-bond acceptors (Lipinski definition) is 2. The van der Waals surface area contributed by atoms with E-state index in [1.807, 2.05) is 7.11 Å². The lowest BCUT2D eigenvalue weighted by Crippen LogP contribution is -2.29. The van der Waals surface area contributed by atoms with Crippen molar-refractivity contribution in [2.75, 3.05) is 19.0 Å². The zero-order valence-electron chi connectivity index (χ0n) is 10.6. The summed E-state index contributed by atoms with van der Waals surface area (Å²) in [5.41, 5.74) is 0. The van der Waals surface area contributed by atoms with E-state index < -0.39 is 0 Å². The molecule has 3 heteroatoms. The summed E-state index contributed by atoms with van der Waals surface area (Å²) in [7, 11) is 1.81. The standard InChI is InChI=1S/C13H25BrO2/c1-3-5-11(9-14)10-16-13-7-4-6-12(8-13)15-2/h11-13H,3-10H2,1-2H3. The summed E-state index contributed by atoms with van der Waals surface area (Å²) in [4.78, 5) is 0. The maximum Gasteiger partial charge on any atom is 0.0600 e. The Hall–Kier alpha value is 0.400. The highest BCUT2D eigenvalue weighted by molar-refractivity contribution is 9.09. The second-order valence-electron chi connectivity index (χ2n) is 4.79. The first-order chi connectivity index (χ1) is 7.80. The Bertz CT molecular complexity index is 175. The van der Waals surface area contributed by atoms with Crippen molar-refractivity contribution in [3.63, 3.8) is 0 Å². The molecule has 1 rings (SSSR count). The first kappa shape index (κ1) is 14.5. The fraction of sp³-hybridized carbons (Fsp3) is 1.00. The third-order valence-corrected chi connectivity index (χ3v) is 4.31. The Morgan fingerprint density at radius 1 is 1.31 bits per heavy atom. The quantitative estimate of drug-likeness (QED) is 0.665. The molecular formula is C13H25BrO2. The largest absolute Gasteiger partial charge is 0.381 e. The molecule has 0 heterocycles. The molecule has 2 nitrogen and oxygen atoms in total. The Balaban J connectivity index is 2.20. The van der Waals surface area contributed by atoms with Crippen LogP contribution in [0.4, 0.5) is 0 Å². The van der Waals surface area contributed by atoms with Crippen molar-refractivity contribution in [2.45, 2.75) is 57.7 Å². The molecule has 0 N–H and O–H groups in total. The number of methoxy groups -OCH3 is 1. The number of hydrogen-bond donors (Lipinski definition) is 0. The van der Waals surface area contributed by atoms with E-state index >= 15 is 0 Å². The summed E-state index contributed by atoms with van der Waals surface area (Å²) in [6.45, 7) is 3.14. The molecule has 96 valence electrons. The van der Waals surface area contributed by atoms with Gasteiger partial charge in [0.15, 0.2) is 0 Å². The lowest BCUT2D eigenvalue weighted by molar-refractivity contribution is -0.0385. The molecule has 0 aromatic carbocycles. The summed E-state index contributed by atoms with van der Waals surface area (Å²) in [5, 5.41) is 1.06. The van der Waals surface area contributed by atoms with Crippen LogP contribution < -0.4 is 0 Å². The van der Waals surface area contributed by atoms with E-state index in [-0.39, 0.29) is 0 Å². The van der Waals surface area contributed by atoms with Crippen LogP contribution in [0.1, 0.15) is 45.4 Å². The molecule has 3 atom stereocenters. The molecule has 1 saturated carbocycles. The van der Waals surface area contributed by atoms with Gasteiger partial charge in [-0.1, -0.05) is 29.3 Å². The highest BCUT2D eigenvalue weighted by Crippen LogP contribution is 2.24. The van der Waals surface area contributed by atoms with Gasteiger partial charge in [-0.25, -0.2) is 0 Å². The van der Waals surface area contributed by atoms with E-state index in [0.29, 0.717) is 18.1 Å². The Kier molecular flexibility index (Phi) is 7.67. The summed E-state index contributed by atoms with van der Waals surface area (Å²) in [5.74, 6) is 0.674. The van der Waals surface area contributed by atoms with E-state index in [4.69, 9.17) is 9.47 Å². The van der Waals surface area contributed by atoms with Gasteiger partial charge < -0.3 is 9.47 Å². The fourth-order valence-electron chi connectivity index (χ4n) is 2.35. The third kappa shape index (κ3) is 5.15. The van der Waals surface area contributed by atoms with Crippen LogP contribution in [0, 0.1) is 5.92 Å². The lowest BCUT2D eigenvalue weighted by atomic mass is 9.95. The highest BCUT2D eigenvalue weighted by Gasteiger charge is 2.22. The fourth-order valence-corrected chi connectivity index (χ4v) is 2.86. The SMILES string of the molecule is CCCC(CBr)COC1CCCC(OC)C1. The van der Waals surface area contributed by atoms with Gasteiger partial charge >= 0.3 is 0 Å². The van der Waals surface area contributed by atoms with Crippen molar-refractivity contribution in [2.24, 2.45) is 5.92 Å². The zero-order chi connectivity index (χ0) is 11.8. The number of halogens is 1. The topological polar surface area (TPSA) is 18.5 Å². The Morgan fingerprint density at radius 2 is 2.06 bits per heavy atom. The molecule has 0 aliphatic heterocycles. The second-order valence-corrected chi connectivity index (χ2v) is 5.44. The van der Waals surface area contributed by atoms with Crippen LogP contribution in [-0.4, -0.2) is 31.3 Å². The first-order valence-electron chi connectivity index (χ1n) is 6.50. The monoisotopic (exact) mass is 292 g/mol. The smallest absolute Gasteiger partial charge is 0.0600 e. The van der Waals surface area contributed by atoms with Crippen molar-refractivity contribution in [3.05, 3.63) is 0 Å². The predicted octanol–water partition coefficient (Wildman–Crippen LogP) is 3.77. The minimum atomic E-state index is 0.423. The molecule has 0 aromatic heterocycles. The molecule has 16 heavy (non-hydrogen) atoms. The zero-order valence-corrected chi connectivity index (χ0v) is 12.2. The Morgan fingerprint density at radius 3 is 2.69 bits per heavy atom. The maximum absolute atomic E-state index is 6.01. The number of alkyl halides is 1. The molecule has 3 unspecified atom stereocenters. The average molecular weight is 293 g/mol. The van der Waals surface area contributed by atoms with Crippen LogP contribution >= 0.6 is 15.9 Å².